The van der Waals surface area contributed by atoms with Crippen LogP contribution in [0.4, 0.5) is 0 Å². The Morgan fingerprint density at radius 2 is 2.26 bits per heavy atom. The van der Waals surface area contributed by atoms with Crippen LogP contribution in [0.5, 0.6) is 5.75 Å². The highest BCUT2D eigenvalue weighted by atomic mass is 16.5. The van der Waals surface area contributed by atoms with Crippen LogP contribution in [0.1, 0.15) is 42.7 Å². The molecule has 1 unspecified atom stereocenters. The first-order valence-corrected chi connectivity index (χ1v) is 8.45. The van der Waals surface area contributed by atoms with Gasteiger partial charge >= 0.3 is 0 Å². The SMILES string of the molecule is COc1ccc2c(c1)CCCC2CC(=O)N[C@@H]1C=C[C@H](CO)C1. The lowest BCUT2D eigenvalue weighted by atomic mass is 9.81. The minimum absolute atomic E-state index is 0.0681. The Hall–Kier alpha value is -1.81. The monoisotopic (exact) mass is 315 g/mol. The normalized spacial score (nSPS) is 25.9. The van der Waals surface area contributed by atoms with Crippen molar-refractivity contribution in [2.24, 2.45) is 5.92 Å². The van der Waals surface area contributed by atoms with E-state index in [0.717, 1.165) is 31.4 Å². The molecule has 0 aliphatic heterocycles. The van der Waals surface area contributed by atoms with Crippen LogP contribution in [0.3, 0.4) is 0 Å². The molecule has 2 aliphatic carbocycles. The van der Waals surface area contributed by atoms with E-state index >= 15 is 0 Å². The second kappa shape index (κ2) is 7.18. The summed E-state index contributed by atoms with van der Waals surface area (Å²) in [5, 5.41) is 12.2. The fraction of sp³-hybridized carbons (Fsp3) is 0.526. The molecule has 0 bridgehead atoms. The summed E-state index contributed by atoms with van der Waals surface area (Å²) >= 11 is 0. The fourth-order valence-corrected chi connectivity index (χ4v) is 3.74. The molecule has 4 nitrogen and oxygen atoms in total. The zero-order valence-electron chi connectivity index (χ0n) is 13.6. The Kier molecular flexibility index (Phi) is 5.01. The van der Waals surface area contributed by atoms with Crippen LogP contribution in [0.2, 0.25) is 0 Å². The van der Waals surface area contributed by atoms with Gasteiger partial charge in [0, 0.05) is 25.0 Å². The van der Waals surface area contributed by atoms with Crippen LogP contribution in [0.25, 0.3) is 0 Å². The number of ether oxygens (including phenoxy) is 1. The Labute approximate surface area is 137 Å². The molecule has 4 heteroatoms. The third kappa shape index (κ3) is 3.75. The zero-order valence-corrected chi connectivity index (χ0v) is 13.6. The van der Waals surface area contributed by atoms with E-state index in [4.69, 9.17) is 9.84 Å². The number of hydrogen-bond donors (Lipinski definition) is 2. The number of aliphatic hydroxyl groups is 1. The topological polar surface area (TPSA) is 58.6 Å². The highest BCUT2D eigenvalue weighted by molar-refractivity contribution is 5.77. The van der Waals surface area contributed by atoms with Crippen LogP contribution in [-0.4, -0.2) is 30.8 Å². The van der Waals surface area contributed by atoms with Gasteiger partial charge in [0.2, 0.25) is 5.91 Å². The number of benzene rings is 1. The fourth-order valence-electron chi connectivity index (χ4n) is 3.74. The maximum Gasteiger partial charge on any atom is 0.221 e. The number of hydrogen-bond acceptors (Lipinski definition) is 3. The van der Waals surface area contributed by atoms with Crippen molar-refractivity contribution in [1.82, 2.24) is 5.32 Å². The summed E-state index contributed by atoms with van der Waals surface area (Å²) < 4.78 is 5.30. The van der Waals surface area contributed by atoms with Crippen molar-refractivity contribution in [3.05, 3.63) is 41.5 Å². The van der Waals surface area contributed by atoms with Crippen LogP contribution < -0.4 is 10.1 Å². The second-order valence-electron chi connectivity index (χ2n) is 6.60. The molecule has 1 aromatic carbocycles. The molecule has 0 saturated carbocycles. The molecule has 3 atom stereocenters. The summed E-state index contributed by atoms with van der Waals surface area (Å²) in [4.78, 5) is 12.4. The number of aryl methyl sites for hydroxylation is 1. The number of rotatable bonds is 5. The lowest BCUT2D eigenvalue weighted by Gasteiger charge is -2.26. The largest absolute Gasteiger partial charge is 0.497 e. The van der Waals surface area contributed by atoms with Gasteiger partial charge in [0.05, 0.1) is 7.11 Å². The van der Waals surface area contributed by atoms with Gasteiger partial charge < -0.3 is 15.2 Å². The Balaban J connectivity index is 1.61. The molecule has 0 fully saturated rings. The lowest BCUT2D eigenvalue weighted by Crippen LogP contribution is -2.34. The van der Waals surface area contributed by atoms with Gasteiger partial charge in [-0.1, -0.05) is 18.2 Å². The maximum absolute atomic E-state index is 12.4. The van der Waals surface area contributed by atoms with E-state index in [1.54, 1.807) is 7.11 Å². The van der Waals surface area contributed by atoms with E-state index in [1.807, 2.05) is 18.2 Å². The van der Waals surface area contributed by atoms with Crippen LogP contribution in [0, 0.1) is 5.92 Å². The van der Waals surface area contributed by atoms with E-state index in [2.05, 4.69) is 17.4 Å². The smallest absolute Gasteiger partial charge is 0.221 e. The highest BCUT2D eigenvalue weighted by Gasteiger charge is 2.25. The van der Waals surface area contributed by atoms with Crippen molar-refractivity contribution in [1.29, 1.82) is 0 Å². The van der Waals surface area contributed by atoms with Crippen molar-refractivity contribution in [2.45, 2.75) is 44.1 Å². The van der Waals surface area contributed by atoms with Crippen LogP contribution in [-0.2, 0) is 11.2 Å². The highest BCUT2D eigenvalue weighted by Crippen LogP contribution is 2.35. The first kappa shape index (κ1) is 16.1. The molecular formula is C19H25NO3. The van der Waals surface area contributed by atoms with Gasteiger partial charge in [-0.15, -0.1) is 0 Å². The number of carbonyl (C=O) groups is 1. The molecule has 1 amide bonds. The third-order valence-electron chi connectivity index (χ3n) is 4.97. The molecule has 2 N–H and O–H groups in total. The first-order chi connectivity index (χ1) is 11.2. The van der Waals surface area contributed by atoms with Crippen molar-refractivity contribution in [2.75, 3.05) is 13.7 Å². The van der Waals surface area contributed by atoms with Gasteiger partial charge in [-0.3, -0.25) is 4.79 Å². The van der Waals surface area contributed by atoms with Crippen molar-refractivity contribution in [3.8, 4) is 5.75 Å². The molecule has 0 heterocycles. The molecule has 3 rings (SSSR count). The molecule has 0 radical (unpaired) electrons. The van der Waals surface area contributed by atoms with E-state index in [1.165, 1.54) is 11.1 Å². The van der Waals surface area contributed by atoms with Gasteiger partial charge in [0.15, 0.2) is 0 Å². The van der Waals surface area contributed by atoms with E-state index in [9.17, 15) is 4.79 Å². The number of methoxy groups -OCH3 is 1. The van der Waals surface area contributed by atoms with Gasteiger partial charge in [0.25, 0.3) is 0 Å². The summed E-state index contributed by atoms with van der Waals surface area (Å²) in [6.45, 7) is 0.153. The summed E-state index contributed by atoms with van der Waals surface area (Å²) in [5.74, 6) is 1.47. The number of fused-ring (bicyclic) bond motifs is 1. The minimum atomic E-state index is 0.0681. The zero-order chi connectivity index (χ0) is 16.2. The average molecular weight is 315 g/mol. The summed E-state index contributed by atoms with van der Waals surface area (Å²) in [7, 11) is 1.68. The molecule has 124 valence electrons. The molecular weight excluding hydrogens is 290 g/mol. The maximum atomic E-state index is 12.4. The molecule has 1 aromatic rings. The number of amides is 1. The summed E-state index contributed by atoms with van der Waals surface area (Å²) in [6.07, 6.45) is 8.58. The second-order valence-corrected chi connectivity index (χ2v) is 6.60. The minimum Gasteiger partial charge on any atom is -0.497 e. The van der Waals surface area contributed by atoms with Crippen molar-refractivity contribution in [3.63, 3.8) is 0 Å². The van der Waals surface area contributed by atoms with Gasteiger partial charge in [-0.2, -0.15) is 0 Å². The molecule has 0 aromatic heterocycles. The quantitative estimate of drug-likeness (QED) is 0.821. The lowest BCUT2D eigenvalue weighted by molar-refractivity contribution is -0.122. The van der Waals surface area contributed by atoms with Gasteiger partial charge in [-0.05, 0) is 54.9 Å². The number of nitrogens with one attached hydrogen (secondary N) is 1. The molecule has 2 aliphatic rings. The Morgan fingerprint density at radius 3 is 3.00 bits per heavy atom. The van der Waals surface area contributed by atoms with Crippen molar-refractivity contribution >= 4 is 5.91 Å². The first-order valence-electron chi connectivity index (χ1n) is 8.45. The van der Waals surface area contributed by atoms with Crippen LogP contribution >= 0.6 is 0 Å². The summed E-state index contributed by atoms with van der Waals surface area (Å²) in [5.41, 5.74) is 2.61. The predicted molar refractivity (Wildman–Crippen MR) is 89.6 cm³/mol. The number of carbonyl (C=O) groups excluding carboxylic acids is 1. The molecule has 0 spiro atoms. The van der Waals surface area contributed by atoms with E-state index in [0.29, 0.717) is 12.3 Å². The van der Waals surface area contributed by atoms with Crippen molar-refractivity contribution < 1.29 is 14.6 Å². The summed E-state index contributed by atoms with van der Waals surface area (Å²) in [6, 6.07) is 6.27. The van der Waals surface area contributed by atoms with E-state index < -0.39 is 0 Å². The Bertz CT molecular complexity index is 596. The van der Waals surface area contributed by atoms with Gasteiger partial charge in [-0.25, -0.2) is 0 Å². The Morgan fingerprint density at radius 1 is 1.39 bits per heavy atom. The van der Waals surface area contributed by atoms with Crippen LogP contribution in [0.15, 0.2) is 30.4 Å². The standard InChI is InChI=1S/C19H25NO3/c1-23-17-7-8-18-14(10-17)3-2-4-15(18)11-19(22)20-16-6-5-13(9-16)12-21/h5-8,10,13,15-16,21H,2-4,9,11-12H2,1H3,(H,20,22)/t13-,15?,16+/m0/s1. The third-order valence-corrected chi connectivity index (χ3v) is 4.97. The molecule has 0 saturated heterocycles. The molecule has 23 heavy (non-hydrogen) atoms. The predicted octanol–water partition coefficient (Wildman–Crippen LogP) is 2.56. The number of aliphatic hydroxyl groups excluding tert-OH is 1. The van der Waals surface area contributed by atoms with E-state index in [-0.39, 0.29) is 24.5 Å². The average Bonchev–Trinajstić information content (AvgIpc) is 3.02. The van der Waals surface area contributed by atoms with Gasteiger partial charge in [0.1, 0.15) is 5.75 Å².